The summed E-state index contributed by atoms with van der Waals surface area (Å²) in [5.74, 6) is 0.00588. The van der Waals surface area contributed by atoms with E-state index in [4.69, 9.17) is 13.9 Å². The minimum atomic E-state index is -0.567. The van der Waals surface area contributed by atoms with Crippen LogP contribution in [0.2, 0.25) is 0 Å². The lowest BCUT2D eigenvalue weighted by Crippen LogP contribution is -2.33. The highest BCUT2D eigenvalue weighted by Crippen LogP contribution is 2.14. The maximum Gasteiger partial charge on any atom is 0.407 e. The van der Waals surface area contributed by atoms with Crippen LogP contribution >= 0.6 is 0 Å². The number of nitrogens with zero attached hydrogens (tertiary/aromatic N) is 1. The standard InChI is InChI=1S/C15H22N2O5/c1-6-11-17-12(13(18)20-7-2)10(21-11)8-9-16-14(19)22-15(3,4)5/h6H,1,7-9H2,2-5H3,(H,16,19). The van der Waals surface area contributed by atoms with E-state index >= 15 is 0 Å². The van der Waals surface area contributed by atoms with Gasteiger partial charge >= 0.3 is 12.1 Å². The Morgan fingerprint density at radius 1 is 1.41 bits per heavy atom. The molecule has 0 saturated heterocycles. The average molecular weight is 310 g/mol. The topological polar surface area (TPSA) is 90.7 Å². The number of alkyl carbamates (subject to hydrolysis) is 1. The molecule has 0 aromatic carbocycles. The van der Waals surface area contributed by atoms with Crippen LogP contribution in [0.15, 0.2) is 11.0 Å². The van der Waals surface area contributed by atoms with Crippen LogP contribution < -0.4 is 5.32 Å². The predicted molar refractivity (Wildman–Crippen MR) is 80.5 cm³/mol. The van der Waals surface area contributed by atoms with Gasteiger partial charge in [-0.2, -0.15) is 0 Å². The molecule has 7 nitrogen and oxygen atoms in total. The van der Waals surface area contributed by atoms with Gasteiger partial charge < -0.3 is 19.2 Å². The lowest BCUT2D eigenvalue weighted by Gasteiger charge is -2.19. The monoisotopic (exact) mass is 310 g/mol. The summed E-state index contributed by atoms with van der Waals surface area (Å²) in [5.41, 5.74) is -0.467. The summed E-state index contributed by atoms with van der Waals surface area (Å²) in [6, 6.07) is 0. The normalized spacial score (nSPS) is 10.9. The largest absolute Gasteiger partial charge is 0.461 e. The minimum absolute atomic E-state index is 0.0998. The van der Waals surface area contributed by atoms with Crippen molar-refractivity contribution in [3.63, 3.8) is 0 Å². The molecule has 0 atom stereocenters. The molecule has 1 N–H and O–H groups in total. The fourth-order valence-electron chi connectivity index (χ4n) is 1.58. The molecule has 0 spiro atoms. The predicted octanol–water partition coefficient (Wildman–Crippen LogP) is 2.56. The number of esters is 1. The van der Waals surface area contributed by atoms with Gasteiger partial charge in [0.2, 0.25) is 5.89 Å². The highest BCUT2D eigenvalue weighted by atomic mass is 16.6. The molecule has 0 aliphatic rings. The Kier molecular flexibility index (Phi) is 6.15. The summed E-state index contributed by atoms with van der Waals surface area (Å²) in [7, 11) is 0. The SMILES string of the molecule is C=Cc1nc(C(=O)OCC)c(CCNC(=O)OC(C)(C)C)o1. The van der Waals surface area contributed by atoms with Gasteiger partial charge in [-0.25, -0.2) is 14.6 Å². The Bertz CT molecular complexity index is 543. The number of hydrogen-bond acceptors (Lipinski definition) is 6. The van der Waals surface area contributed by atoms with Gasteiger partial charge in [-0.1, -0.05) is 6.58 Å². The average Bonchev–Trinajstić information content (AvgIpc) is 2.80. The fourth-order valence-corrected chi connectivity index (χ4v) is 1.58. The molecular formula is C15H22N2O5. The molecule has 1 amide bonds. The second-order valence-corrected chi connectivity index (χ2v) is 5.43. The third-order valence-electron chi connectivity index (χ3n) is 2.38. The van der Waals surface area contributed by atoms with E-state index in [9.17, 15) is 9.59 Å². The Balaban J connectivity index is 2.65. The van der Waals surface area contributed by atoms with Crippen LogP contribution in [0.4, 0.5) is 4.79 Å². The van der Waals surface area contributed by atoms with E-state index in [1.807, 2.05) is 0 Å². The van der Waals surface area contributed by atoms with Crippen molar-refractivity contribution in [3.05, 3.63) is 23.9 Å². The van der Waals surface area contributed by atoms with Gasteiger partial charge in [0, 0.05) is 13.0 Å². The molecule has 0 aliphatic heterocycles. The summed E-state index contributed by atoms with van der Waals surface area (Å²) in [5, 5.41) is 2.59. The Labute approximate surface area is 129 Å². The molecule has 22 heavy (non-hydrogen) atoms. The zero-order valence-corrected chi connectivity index (χ0v) is 13.4. The van der Waals surface area contributed by atoms with Gasteiger partial charge in [0.25, 0.3) is 0 Å². The zero-order chi connectivity index (χ0) is 16.8. The molecule has 0 bridgehead atoms. The van der Waals surface area contributed by atoms with Gasteiger partial charge in [0.1, 0.15) is 11.4 Å². The second kappa shape index (κ2) is 7.63. The number of carbonyl (C=O) groups is 2. The Morgan fingerprint density at radius 2 is 2.09 bits per heavy atom. The summed E-state index contributed by atoms with van der Waals surface area (Å²) in [6.45, 7) is 11.1. The number of aromatic nitrogens is 1. The molecule has 7 heteroatoms. The number of amides is 1. The Hall–Kier alpha value is -2.31. The molecule has 1 aromatic heterocycles. The maximum absolute atomic E-state index is 11.8. The molecule has 0 aliphatic carbocycles. The summed E-state index contributed by atoms with van der Waals surface area (Å²) < 4.78 is 15.4. The highest BCUT2D eigenvalue weighted by molar-refractivity contribution is 5.88. The smallest absolute Gasteiger partial charge is 0.407 e. The molecule has 1 rings (SSSR count). The number of oxazole rings is 1. The van der Waals surface area contributed by atoms with Crippen molar-refractivity contribution >= 4 is 18.1 Å². The van der Waals surface area contributed by atoms with Gasteiger partial charge in [0.15, 0.2) is 5.69 Å². The van der Waals surface area contributed by atoms with Crippen molar-refractivity contribution < 1.29 is 23.5 Å². The number of carbonyl (C=O) groups excluding carboxylic acids is 2. The number of nitrogens with one attached hydrogen (secondary N) is 1. The van der Waals surface area contributed by atoms with Crippen LogP contribution in [-0.4, -0.2) is 35.8 Å². The van der Waals surface area contributed by atoms with Gasteiger partial charge in [-0.3, -0.25) is 0 Å². The van der Waals surface area contributed by atoms with Crippen LogP contribution in [0, 0.1) is 0 Å². The molecular weight excluding hydrogens is 288 g/mol. The lowest BCUT2D eigenvalue weighted by molar-refractivity contribution is 0.0516. The van der Waals surface area contributed by atoms with E-state index in [-0.39, 0.29) is 31.2 Å². The quantitative estimate of drug-likeness (QED) is 0.812. The summed E-state index contributed by atoms with van der Waals surface area (Å²) in [6.07, 6.45) is 1.15. The third-order valence-corrected chi connectivity index (χ3v) is 2.38. The van der Waals surface area contributed by atoms with Crippen molar-refractivity contribution in [1.29, 1.82) is 0 Å². The van der Waals surface area contributed by atoms with Crippen LogP contribution in [0.5, 0.6) is 0 Å². The molecule has 0 fully saturated rings. The molecule has 0 saturated carbocycles. The first kappa shape index (κ1) is 17.7. The van der Waals surface area contributed by atoms with E-state index in [0.29, 0.717) is 5.76 Å². The van der Waals surface area contributed by atoms with Crippen LogP contribution in [-0.2, 0) is 15.9 Å². The minimum Gasteiger partial charge on any atom is -0.461 e. The van der Waals surface area contributed by atoms with Gasteiger partial charge in [-0.05, 0) is 33.8 Å². The van der Waals surface area contributed by atoms with Gasteiger partial charge in [-0.15, -0.1) is 0 Å². The van der Waals surface area contributed by atoms with E-state index in [2.05, 4.69) is 16.9 Å². The zero-order valence-electron chi connectivity index (χ0n) is 13.4. The van der Waals surface area contributed by atoms with Crippen molar-refractivity contribution in [2.75, 3.05) is 13.2 Å². The van der Waals surface area contributed by atoms with Crippen LogP contribution in [0.25, 0.3) is 6.08 Å². The number of hydrogen-bond donors (Lipinski definition) is 1. The van der Waals surface area contributed by atoms with Crippen LogP contribution in [0.1, 0.15) is 49.8 Å². The first-order valence-corrected chi connectivity index (χ1v) is 7.03. The van der Waals surface area contributed by atoms with E-state index in [1.165, 1.54) is 6.08 Å². The highest BCUT2D eigenvalue weighted by Gasteiger charge is 2.21. The van der Waals surface area contributed by atoms with Gasteiger partial charge in [0.05, 0.1) is 6.61 Å². The summed E-state index contributed by atoms with van der Waals surface area (Å²) >= 11 is 0. The van der Waals surface area contributed by atoms with E-state index in [1.54, 1.807) is 27.7 Å². The molecule has 1 heterocycles. The Morgan fingerprint density at radius 3 is 2.64 bits per heavy atom. The maximum atomic E-state index is 11.8. The van der Waals surface area contributed by atoms with E-state index < -0.39 is 17.7 Å². The van der Waals surface area contributed by atoms with Crippen molar-refractivity contribution in [3.8, 4) is 0 Å². The number of ether oxygens (including phenoxy) is 2. The number of rotatable bonds is 6. The third kappa shape index (κ3) is 5.59. The van der Waals surface area contributed by atoms with Crippen molar-refractivity contribution in [2.24, 2.45) is 0 Å². The summed E-state index contributed by atoms with van der Waals surface area (Å²) in [4.78, 5) is 27.3. The molecule has 0 radical (unpaired) electrons. The first-order chi connectivity index (χ1) is 10.3. The van der Waals surface area contributed by atoms with Crippen molar-refractivity contribution in [2.45, 2.75) is 39.7 Å². The molecule has 1 aromatic rings. The first-order valence-electron chi connectivity index (χ1n) is 7.03. The fraction of sp³-hybridized carbons (Fsp3) is 0.533. The van der Waals surface area contributed by atoms with E-state index in [0.717, 1.165) is 0 Å². The molecule has 0 unspecified atom stereocenters. The van der Waals surface area contributed by atoms with Crippen LogP contribution in [0.3, 0.4) is 0 Å². The lowest BCUT2D eigenvalue weighted by atomic mass is 10.2. The molecule has 122 valence electrons. The second-order valence-electron chi connectivity index (χ2n) is 5.43. The van der Waals surface area contributed by atoms with Crippen molar-refractivity contribution in [1.82, 2.24) is 10.3 Å².